The van der Waals surface area contributed by atoms with Gasteiger partial charge in [0.25, 0.3) is 0 Å². The first-order chi connectivity index (χ1) is 12.1. The summed E-state index contributed by atoms with van der Waals surface area (Å²) in [6, 6.07) is 8.22. The highest BCUT2D eigenvalue weighted by atomic mass is 16.5. The van der Waals surface area contributed by atoms with E-state index in [0.717, 1.165) is 44.0 Å². The molecule has 0 spiro atoms. The number of benzene rings is 1. The van der Waals surface area contributed by atoms with Crippen LogP contribution in [0.1, 0.15) is 43.5 Å². The Bertz CT molecular complexity index is 770. The maximum absolute atomic E-state index is 12.9. The Morgan fingerprint density at radius 3 is 2.96 bits per heavy atom. The van der Waals surface area contributed by atoms with Gasteiger partial charge >= 0.3 is 0 Å². The van der Waals surface area contributed by atoms with Gasteiger partial charge in [0.2, 0.25) is 11.8 Å². The maximum atomic E-state index is 12.9. The second-order valence-corrected chi connectivity index (χ2v) is 7.29. The lowest BCUT2D eigenvalue weighted by Gasteiger charge is -2.21. The Labute approximate surface area is 147 Å². The highest BCUT2D eigenvalue weighted by molar-refractivity contribution is 5.97. The molecule has 2 aliphatic rings. The number of likely N-dealkylation sites (tertiary alicyclic amines) is 1. The summed E-state index contributed by atoms with van der Waals surface area (Å²) < 4.78 is 5.33. The molecule has 4 rings (SSSR count). The lowest BCUT2D eigenvalue weighted by atomic mass is 10.1. The van der Waals surface area contributed by atoms with Crippen molar-refractivity contribution in [3.05, 3.63) is 41.5 Å². The number of para-hydroxylation sites is 1. The van der Waals surface area contributed by atoms with Crippen LogP contribution in [0.15, 0.2) is 28.8 Å². The van der Waals surface area contributed by atoms with Crippen LogP contribution in [-0.4, -0.2) is 40.6 Å². The zero-order valence-electron chi connectivity index (χ0n) is 14.8. The van der Waals surface area contributed by atoms with Crippen molar-refractivity contribution < 1.29 is 9.32 Å². The van der Waals surface area contributed by atoms with Crippen LogP contribution >= 0.6 is 0 Å². The number of nitrogens with zero attached hydrogens (tertiary/aromatic N) is 4. The van der Waals surface area contributed by atoms with Gasteiger partial charge in [0.1, 0.15) is 0 Å². The minimum atomic E-state index is 0.0543. The van der Waals surface area contributed by atoms with E-state index < -0.39 is 0 Å². The number of amides is 1. The quantitative estimate of drug-likeness (QED) is 0.856. The number of fused-ring (bicyclic) bond motifs is 1. The average molecular weight is 340 g/mol. The Balaban J connectivity index is 1.38. The molecule has 0 saturated carbocycles. The third-order valence-electron chi connectivity index (χ3n) is 5.13. The van der Waals surface area contributed by atoms with Crippen LogP contribution < -0.4 is 4.90 Å². The molecule has 1 amide bonds. The van der Waals surface area contributed by atoms with E-state index in [-0.39, 0.29) is 17.7 Å². The molecule has 6 heteroatoms. The fourth-order valence-corrected chi connectivity index (χ4v) is 3.72. The third kappa shape index (κ3) is 3.18. The van der Waals surface area contributed by atoms with Crippen molar-refractivity contribution in [1.29, 1.82) is 0 Å². The number of anilines is 1. The summed E-state index contributed by atoms with van der Waals surface area (Å²) in [5.74, 6) is 1.96. The molecule has 0 aliphatic carbocycles. The first kappa shape index (κ1) is 16.3. The van der Waals surface area contributed by atoms with Gasteiger partial charge in [-0.25, -0.2) is 0 Å². The molecule has 1 aromatic heterocycles. The largest absolute Gasteiger partial charge is 0.338 e. The zero-order chi connectivity index (χ0) is 17.4. The summed E-state index contributed by atoms with van der Waals surface area (Å²) in [7, 11) is 0. The van der Waals surface area contributed by atoms with Crippen molar-refractivity contribution >= 4 is 11.6 Å². The van der Waals surface area contributed by atoms with E-state index in [4.69, 9.17) is 4.52 Å². The molecule has 1 unspecified atom stereocenters. The van der Waals surface area contributed by atoms with Crippen LogP contribution in [0.4, 0.5) is 5.69 Å². The van der Waals surface area contributed by atoms with Gasteiger partial charge in [-0.1, -0.05) is 37.2 Å². The SMILES string of the molecule is CC(C)c1noc(CN2CCC(C(=O)N3CCc4ccccc43)C2)n1. The molecule has 3 heterocycles. The van der Waals surface area contributed by atoms with Gasteiger partial charge in [-0.2, -0.15) is 4.98 Å². The smallest absolute Gasteiger partial charge is 0.240 e. The molecule has 0 bridgehead atoms. The molecule has 25 heavy (non-hydrogen) atoms. The Kier molecular flexibility index (Phi) is 4.29. The number of carbonyl (C=O) groups excluding carboxylic acids is 1. The van der Waals surface area contributed by atoms with Crippen molar-refractivity contribution in [1.82, 2.24) is 15.0 Å². The van der Waals surface area contributed by atoms with Crippen LogP contribution in [0.3, 0.4) is 0 Å². The third-order valence-corrected chi connectivity index (χ3v) is 5.13. The van der Waals surface area contributed by atoms with E-state index in [2.05, 4.69) is 27.2 Å². The van der Waals surface area contributed by atoms with Gasteiger partial charge in [0, 0.05) is 24.7 Å². The summed E-state index contributed by atoms with van der Waals surface area (Å²) >= 11 is 0. The Hall–Kier alpha value is -2.21. The lowest BCUT2D eigenvalue weighted by molar-refractivity contribution is -0.121. The number of carbonyl (C=O) groups is 1. The molecule has 6 nitrogen and oxygen atoms in total. The van der Waals surface area contributed by atoms with Crippen molar-refractivity contribution in [2.45, 2.75) is 39.2 Å². The minimum Gasteiger partial charge on any atom is -0.338 e. The molecule has 1 atom stereocenters. The molecule has 1 fully saturated rings. The van der Waals surface area contributed by atoms with Crippen LogP contribution in [0.5, 0.6) is 0 Å². The van der Waals surface area contributed by atoms with E-state index in [9.17, 15) is 4.79 Å². The van der Waals surface area contributed by atoms with Gasteiger partial charge < -0.3 is 9.42 Å². The molecule has 1 aromatic carbocycles. The summed E-state index contributed by atoms with van der Waals surface area (Å²) in [6.07, 6.45) is 1.85. The predicted octanol–water partition coefficient (Wildman–Crippen LogP) is 2.60. The molecular formula is C19H24N4O2. The van der Waals surface area contributed by atoms with Crippen LogP contribution in [0, 0.1) is 5.92 Å². The summed E-state index contributed by atoms with van der Waals surface area (Å²) in [5, 5.41) is 4.01. The number of hydrogen-bond acceptors (Lipinski definition) is 5. The second kappa shape index (κ2) is 6.59. The predicted molar refractivity (Wildman–Crippen MR) is 94.3 cm³/mol. The minimum absolute atomic E-state index is 0.0543. The summed E-state index contributed by atoms with van der Waals surface area (Å²) in [4.78, 5) is 21.6. The lowest BCUT2D eigenvalue weighted by Crippen LogP contribution is -2.36. The topological polar surface area (TPSA) is 62.5 Å². The van der Waals surface area contributed by atoms with Crippen molar-refractivity contribution in [3.63, 3.8) is 0 Å². The normalized spacial score (nSPS) is 20.4. The van der Waals surface area contributed by atoms with Gasteiger partial charge in [0.05, 0.1) is 12.5 Å². The first-order valence-electron chi connectivity index (χ1n) is 9.06. The number of aromatic nitrogens is 2. The van der Waals surface area contributed by atoms with Crippen molar-refractivity contribution in [2.24, 2.45) is 5.92 Å². The Morgan fingerprint density at radius 2 is 2.16 bits per heavy atom. The molecule has 2 aromatic rings. The van der Waals surface area contributed by atoms with Crippen LogP contribution in [0.2, 0.25) is 0 Å². The molecule has 0 N–H and O–H groups in total. The van der Waals surface area contributed by atoms with E-state index >= 15 is 0 Å². The van der Waals surface area contributed by atoms with Gasteiger partial charge in [-0.05, 0) is 31.0 Å². The first-order valence-corrected chi connectivity index (χ1v) is 9.06. The molecular weight excluding hydrogens is 316 g/mol. The van der Waals surface area contributed by atoms with Gasteiger partial charge in [0.15, 0.2) is 5.82 Å². The van der Waals surface area contributed by atoms with E-state index in [1.807, 2.05) is 30.9 Å². The maximum Gasteiger partial charge on any atom is 0.240 e. The average Bonchev–Trinajstić information content (AvgIpc) is 3.34. The zero-order valence-corrected chi connectivity index (χ0v) is 14.8. The highest BCUT2D eigenvalue weighted by Crippen LogP contribution is 2.31. The summed E-state index contributed by atoms with van der Waals surface area (Å²) in [5.41, 5.74) is 2.36. The standard InChI is InChI=1S/C19H24N4O2/c1-13(2)18-20-17(25-21-18)12-22-9-7-15(11-22)19(24)23-10-8-14-5-3-4-6-16(14)23/h3-6,13,15H,7-12H2,1-2H3. The second-order valence-electron chi connectivity index (χ2n) is 7.29. The molecule has 0 radical (unpaired) electrons. The van der Waals surface area contributed by atoms with Crippen LogP contribution in [0.25, 0.3) is 0 Å². The fraction of sp³-hybridized carbons (Fsp3) is 0.526. The monoisotopic (exact) mass is 340 g/mol. The Morgan fingerprint density at radius 1 is 1.32 bits per heavy atom. The van der Waals surface area contributed by atoms with E-state index in [1.54, 1.807) is 0 Å². The number of hydrogen-bond donors (Lipinski definition) is 0. The van der Waals surface area contributed by atoms with Crippen molar-refractivity contribution in [3.8, 4) is 0 Å². The van der Waals surface area contributed by atoms with E-state index in [1.165, 1.54) is 5.56 Å². The molecule has 2 aliphatic heterocycles. The van der Waals surface area contributed by atoms with E-state index in [0.29, 0.717) is 12.4 Å². The van der Waals surface area contributed by atoms with Gasteiger partial charge in [-0.15, -0.1) is 0 Å². The van der Waals surface area contributed by atoms with Crippen molar-refractivity contribution in [2.75, 3.05) is 24.5 Å². The number of rotatable bonds is 4. The van der Waals surface area contributed by atoms with Crippen LogP contribution in [-0.2, 0) is 17.8 Å². The summed E-state index contributed by atoms with van der Waals surface area (Å²) in [6.45, 7) is 7.18. The van der Waals surface area contributed by atoms with Gasteiger partial charge in [-0.3, -0.25) is 9.69 Å². The molecule has 132 valence electrons. The fourth-order valence-electron chi connectivity index (χ4n) is 3.72. The molecule has 1 saturated heterocycles. The highest BCUT2D eigenvalue weighted by Gasteiger charge is 2.34.